The Kier molecular flexibility index (Phi) is 7.51. The van der Waals surface area contributed by atoms with Crippen LogP contribution in [0.2, 0.25) is 5.15 Å². The van der Waals surface area contributed by atoms with Crippen LogP contribution in [0.5, 0.6) is 0 Å². The first-order valence-electron chi connectivity index (χ1n) is 9.36. The number of benzene rings is 1. The highest BCUT2D eigenvalue weighted by Crippen LogP contribution is 2.21. The van der Waals surface area contributed by atoms with E-state index >= 15 is 0 Å². The van der Waals surface area contributed by atoms with Crippen LogP contribution in [0.4, 0.5) is 0 Å². The minimum atomic E-state index is 0.153. The monoisotopic (exact) mass is 436 g/mol. The van der Waals surface area contributed by atoms with Crippen LogP contribution < -0.4 is 0 Å². The summed E-state index contributed by atoms with van der Waals surface area (Å²) in [6.45, 7) is 6.06. The van der Waals surface area contributed by atoms with Gasteiger partial charge in [0.2, 0.25) is 5.91 Å². The molecule has 1 saturated heterocycles. The molecule has 1 aliphatic heterocycles. The number of rotatable bonds is 5. The summed E-state index contributed by atoms with van der Waals surface area (Å²) in [5.41, 5.74) is 3.05. The summed E-state index contributed by atoms with van der Waals surface area (Å²) in [7, 11) is 1.86. The van der Waals surface area contributed by atoms with Crippen molar-refractivity contribution >= 4 is 45.7 Å². The van der Waals surface area contributed by atoms with Gasteiger partial charge < -0.3 is 4.90 Å². The third kappa shape index (κ3) is 5.35. The lowest BCUT2D eigenvalue weighted by atomic mass is 10.2. The van der Waals surface area contributed by atoms with Crippen LogP contribution in [0, 0.1) is 6.92 Å². The molecule has 1 aromatic heterocycles. The van der Waals surface area contributed by atoms with Crippen molar-refractivity contribution in [1.29, 1.82) is 0 Å². The molecule has 0 unspecified atom stereocenters. The van der Waals surface area contributed by atoms with E-state index in [9.17, 15) is 4.79 Å². The Balaban J connectivity index is 1.50. The van der Waals surface area contributed by atoms with Gasteiger partial charge in [0.15, 0.2) is 0 Å². The Morgan fingerprint density at radius 1 is 1.21 bits per heavy atom. The Hall–Kier alpha value is -1.41. The van der Waals surface area contributed by atoms with E-state index in [0.29, 0.717) is 10.9 Å². The van der Waals surface area contributed by atoms with E-state index in [0.717, 1.165) is 60.2 Å². The van der Waals surface area contributed by atoms with Gasteiger partial charge in [0.25, 0.3) is 0 Å². The Morgan fingerprint density at radius 2 is 1.96 bits per heavy atom. The molecular weight excluding hydrogens is 412 g/mol. The summed E-state index contributed by atoms with van der Waals surface area (Å²) < 4.78 is 2.49. The highest BCUT2D eigenvalue weighted by molar-refractivity contribution is 8.24. The molecule has 1 aromatic carbocycles. The minimum Gasteiger partial charge on any atom is -0.341 e. The lowest BCUT2D eigenvalue weighted by Gasteiger charge is -2.22. The predicted molar refractivity (Wildman–Crippen MR) is 120 cm³/mol. The first-order valence-corrected chi connectivity index (χ1v) is 11.1. The fourth-order valence-electron chi connectivity index (χ4n) is 3.33. The van der Waals surface area contributed by atoms with E-state index in [4.69, 9.17) is 23.8 Å². The van der Waals surface area contributed by atoms with Gasteiger partial charge in [0, 0.05) is 45.3 Å². The number of halogens is 1. The SMILES string of the molecule is Cc1nn(C)c(Cl)c1CN1CCCN(C(=O)CSC(=S)c2ccccc2)CC1. The van der Waals surface area contributed by atoms with E-state index in [2.05, 4.69) is 10.00 Å². The summed E-state index contributed by atoms with van der Waals surface area (Å²) >= 11 is 13.3. The average Bonchev–Trinajstić information content (AvgIpc) is 2.87. The van der Waals surface area contributed by atoms with Crippen molar-refractivity contribution in [2.75, 3.05) is 31.9 Å². The molecule has 2 aromatic rings. The number of hydrogen-bond acceptors (Lipinski definition) is 5. The Bertz CT molecular complexity index is 840. The van der Waals surface area contributed by atoms with Gasteiger partial charge in [-0.15, -0.1) is 11.8 Å². The highest BCUT2D eigenvalue weighted by atomic mass is 35.5. The van der Waals surface area contributed by atoms with Crippen molar-refractivity contribution < 1.29 is 4.79 Å². The summed E-state index contributed by atoms with van der Waals surface area (Å²) in [6.07, 6.45) is 0.955. The van der Waals surface area contributed by atoms with Crippen molar-refractivity contribution in [2.45, 2.75) is 19.9 Å². The third-order valence-electron chi connectivity index (χ3n) is 4.93. The second-order valence-electron chi connectivity index (χ2n) is 6.93. The number of amides is 1. The number of thiocarbonyl (C=S) groups is 1. The van der Waals surface area contributed by atoms with Crippen molar-refractivity contribution in [1.82, 2.24) is 19.6 Å². The second kappa shape index (κ2) is 9.87. The standard InChI is InChI=1S/C20H25ClN4OS2/c1-15-17(19(21)23(2)22-15)13-24-9-6-10-25(12-11-24)18(26)14-28-20(27)16-7-4-3-5-8-16/h3-5,7-8H,6,9-14H2,1-2H3. The number of thioether (sulfide) groups is 1. The minimum absolute atomic E-state index is 0.153. The van der Waals surface area contributed by atoms with Crippen molar-refractivity contribution in [2.24, 2.45) is 7.05 Å². The van der Waals surface area contributed by atoms with E-state index in [-0.39, 0.29) is 5.91 Å². The maximum absolute atomic E-state index is 12.7. The van der Waals surface area contributed by atoms with Gasteiger partial charge in [0.05, 0.1) is 15.6 Å². The van der Waals surface area contributed by atoms with Gasteiger partial charge in [-0.05, 0) is 18.9 Å². The first kappa shape index (κ1) is 21.3. The number of carbonyl (C=O) groups is 1. The molecule has 0 spiro atoms. The van der Waals surface area contributed by atoms with Crippen molar-refractivity contribution in [3.05, 3.63) is 52.3 Å². The number of nitrogens with zero attached hydrogens (tertiary/aromatic N) is 4. The second-order valence-corrected chi connectivity index (χ2v) is 8.94. The van der Waals surface area contributed by atoms with Crippen LogP contribution in [-0.2, 0) is 18.4 Å². The van der Waals surface area contributed by atoms with Crippen LogP contribution in [0.25, 0.3) is 0 Å². The van der Waals surface area contributed by atoms with Crippen LogP contribution >= 0.6 is 35.6 Å². The molecule has 0 aliphatic carbocycles. The topological polar surface area (TPSA) is 41.4 Å². The summed E-state index contributed by atoms with van der Waals surface area (Å²) in [4.78, 5) is 17.0. The maximum Gasteiger partial charge on any atom is 0.233 e. The number of hydrogen-bond donors (Lipinski definition) is 0. The molecule has 0 atom stereocenters. The first-order chi connectivity index (χ1) is 13.5. The number of aryl methyl sites for hydroxylation is 2. The zero-order valence-corrected chi connectivity index (χ0v) is 18.6. The van der Waals surface area contributed by atoms with E-state index in [1.807, 2.05) is 49.2 Å². The fourth-order valence-corrected chi connectivity index (χ4v) is 4.62. The summed E-state index contributed by atoms with van der Waals surface area (Å²) in [6, 6.07) is 9.85. The van der Waals surface area contributed by atoms with Gasteiger partial charge in [-0.3, -0.25) is 14.4 Å². The van der Waals surface area contributed by atoms with Gasteiger partial charge >= 0.3 is 0 Å². The molecule has 1 fully saturated rings. The molecule has 150 valence electrons. The van der Waals surface area contributed by atoms with Crippen molar-refractivity contribution in [3.8, 4) is 0 Å². The predicted octanol–water partition coefficient (Wildman–Crippen LogP) is 3.53. The molecular formula is C20H25ClN4OS2. The highest BCUT2D eigenvalue weighted by Gasteiger charge is 2.21. The molecule has 8 heteroatoms. The third-order valence-corrected chi connectivity index (χ3v) is 6.88. The van der Waals surface area contributed by atoms with Crippen molar-refractivity contribution in [3.63, 3.8) is 0 Å². The molecule has 5 nitrogen and oxygen atoms in total. The number of carbonyl (C=O) groups excluding carboxylic acids is 1. The fraction of sp³-hybridized carbons (Fsp3) is 0.450. The lowest BCUT2D eigenvalue weighted by molar-refractivity contribution is -0.128. The van der Waals surface area contributed by atoms with Crippen LogP contribution in [0.15, 0.2) is 30.3 Å². The molecule has 0 saturated carbocycles. The van der Waals surface area contributed by atoms with Gasteiger partial charge in [0.1, 0.15) is 5.15 Å². The Labute approximate surface area is 181 Å². The zero-order valence-electron chi connectivity index (χ0n) is 16.2. The zero-order chi connectivity index (χ0) is 20.1. The number of aromatic nitrogens is 2. The van der Waals surface area contributed by atoms with Crippen LogP contribution in [0.3, 0.4) is 0 Å². The van der Waals surface area contributed by atoms with E-state index in [1.165, 1.54) is 11.8 Å². The molecule has 0 N–H and O–H groups in total. The summed E-state index contributed by atoms with van der Waals surface area (Å²) in [5, 5.41) is 5.08. The largest absolute Gasteiger partial charge is 0.341 e. The molecule has 28 heavy (non-hydrogen) atoms. The Morgan fingerprint density at radius 3 is 2.64 bits per heavy atom. The molecule has 3 rings (SSSR count). The quantitative estimate of drug-likeness (QED) is 0.670. The average molecular weight is 437 g/mol. The van der Waals surface area contributed by atoms with E-state index in [1.54, 1.807) is 4.68 Å². The summed E-state index contributed by atoms with van der Waals surface area (Å²) in [5.74, 6) is 0.544. The molecule has 1 aliphatic rings. The molecule has 0 radical (unpaired) electrons. The lowest BCUT2D eigenvalue weighted by Crippen LogP contribution is -2.36. The molecule has 1 amide bonds. The van der Waals surface area contributed by atoms with Crippen LogP contribution in [-0.4, -0.2) is 61.6 Å². The molecule has 2 heterocycles. The van der Waals surface area contributed by atoms with Gasteiger partial charge in [-0.25, -0.2) is 0 Å². The van der Waals surface area contributed by atoms with Crippen LogP contribution in [0.1, 0.15) is 23.2 Å². The smallest absolute Gasteiger partial charge is 0.233 e. The molecule has 0 bridgehead atoms. The van der Waals surface area contributed by atoms with Gasteiger partial charge in [-0.1, -0.05) is 54.2 Å². The van der Waals surface area contributed by atoms with Gasteiger partial charge in [-0.2, -0.15) is 5.10 Å². The van der Waals surface area contributed by atoms with E-state index < -0.39 is 0 Å². The normalized spacial score (nSPS) is 15.5. The maximum atomic E-state index is 12.7.